The average Bonchev–Trinajstić information content (AvgIpc) is 2.61. The second-order valence-electron chi connectivity index (χ2n) is 5.61. The Labute approximate surface area is 152 Å². The summed E-state index contributed by atoms with van der Waals surface area (Å²) in [7, 11) is -4.53. The van der Waals surface area contributed by atoms with Crippen LogP contribution >= 0.6 is 0 Å². The Morgan fingerprint density at radius 1 is 1.04 bits per heavy atom. The number of benzene rings is 3. The third kappa shape index (κ3) is 3.86. The van der Waals surface area contributed by atoms with Gasteiger partial charge in [0.1, 0.15) is 5.75 Å². The predicted octanol–water partition coefficient (Wildman–Crippen LogP) is 2.95. The molecule has 0 spiro atoms. The van der Waals surface area contributed by atoms with Crippen molar-refractivity contribution >= 4 is 38.2 Å². The molecule has 0 atom stereocenters. The number of anilines is 1. The fourth-order valence-corrected chi connectivity index (χ4v) is 3.04. The number of rotatable bonds is 4. The van der Waals surface area contributed by atoms with Gasteiger partial charge in [-0.25, -0.2) is 0 Å². The van der Waals surface area contributed by atoms with E-state index in [0.717, 1.165) is 18.2 Å². The Balaban J connectivity index is 2.05. The molecule has 27 heavy (non-hydrogen) atoms. The van der Waals surface area contributed by atoms with E-state index in [0.29, 0.717) is 10.8 Å². The normalized spacial score (nSPS) is 11.3. The minimum atomic E-state index is -4.53. The highest BCUT2D eigenvalue weighted by Gasteiger charge is 2.16. The number of hydrogen-bond acceptors (Lipinski definition) is 6. The monoisotopic (exact) mass is 388 g/mol. The summed E-state index contributed by atoms with van der Waals surface area (Å²) >= 11 is 0. The Morgan fingerprint density at radius 3 is 2.30 bits per heavy atom. The number of aromatic hydroxyl groups is 1. The third-order valence-corrected chi connectivity index (χ3v) is 4.63. The van der Waals surface area contributed by atoms with Gasteiger partial charge in [0.05, 0.1) is 15.5 Å². The first kappa shape index (κ1) is 18.3. The average molecular weight is 388 g/mol. The van der Waals surface area contributed by atoms with E-state index in [1.165, 1.54) is 36.4 Å². The van der Waals surface area contributed by atoms with Gasteiger partial charge in [0.15, 0.2) is 0 Å². The lowest BCUT2D eigenvalue weighted by molar-refractivity contribution is -0.384. The number of phenolic OH excluding ortho intramolecular Hbond substituents is 1. The molecule has 10 heteroatoms. The minimum absolute atomic E-state index is 0.0411. The minimum Gasteiger partial charge on any atom is -0.508 e. The third-order valence-electron chi connectivity index (χ3n) is 3.80. The molecule has 0 saturated carbocycles. The number of nitro groups is 1. The molecule has 1 amide bonds. The molecule has 0 heterocycles. The fourth-order valence-electron chi connectivity index (χ4n) is 2.50. The van der Waals surface area contributed by atoms with Gasteiger partial charge in [0, 0.05) is 23.1 Å². The van der Waals surface area contributed by atoms with Gasteiger partial charge in [-0.2, -0.15) is 8.42 Å². The zero-order valence-electron chi connectivity index (χ0n) is 13.5. The van der Waals surface area contributed by atoms with E-state index in [9.17, 15) is 33.0 Å². The zero-order chi connectivity index (χ0) is 19.8. The number of nitrogens with zero attached hydrogens (tertiary/aromatic N) is 1. The van der Waals surface area contributed by atoms with Crippen molar-refractivity contribution in [3.8, 4) is 5.75 Å². The fraction of sp³-hybridized carbons (Fsp3) is 0. The molecule has 138 valence electrons. The summed E-state index contributed by atoms with van der Waals surface area (Å²) in [5.41, 5.74) is -0.0409. The summed E-state index contributed by atoms with van der Waals surface area (Å²) < 4.78 is 32.3. The van der Waals surface area contributed by atoms with Gasteiger partial charge in [-0.1, -0.05) is 6.07 Å². The molecule has 0 fully saturated rings. The summed E-state index contributed by atoms with van der Waals surface area (Å²) in [6, 6.07) is 11.2. The number of amides is 1. The maximum Gasteiger partial charge on any atom is 0.294 e. The van der Waals surface area contributed by atoms with Crippen molar-refractivity contribution in [1.29, 1.82) is 0 Å². The second kappa shape index (κ2) is 6.67. The smallest absolute Gasteiger partial charge is 0.294 e. The standard InChI is InChI=1S/C17H12N2O7S/c20-13-6-3-11-7-14(27(24,25)26)9-16(15(11)8-13)18-17(21)10-1-4-12(5-2-10)19(22)23/h1-9,20H,(H,18,21)(H,24,25,26). The van der Waals surface area contributed by atoms with Crippen molar-refractivity contribution in [3.63, 3.8) is 0 Å². The lowest BCUT2D eigenvalue weighted by Gasteiger charge is -2.11. The van der Waals surface area contributed by atoms with E-state index in [-0.39, 0.29) is 22.7 Å². The van der Waals surface area contributed by atoms with Crippen LogP contribution in [0, 0.1) is 10.1 Å². The van der Waals surface area contributed by atoms with Gasteiger partial charge in [0.2, 0.25) is 0 Å². The summed E-state index contributed by atoms with van der Waals surface area (Å²) in [5, 5.41) is 23.6. The van der Waals surface area contributed by atoms with Crippen molar-refractivity contribution in [2.75, 3.05) is 5.32 Å². The van der Waals surface area contributed by atoms with Gasteiger partial charge >= 0.3 is 0 Å². The van der Waals surface area contributed by atoms with Gasteiger partial charge in [0.25, 0.3) is 21.7 Å². The second-order valence-corrected chi connectivity index (χ2v) is 7.03. The number of carbonyl (C=O) groups is 1. The summed E-state index contributed by atoms with van der Waals surface area (Å²) in [6.07, 6.45) is 0. The van der Waals surface area contributed by atoms with Crippen LogP contribution in [0.25, 0.3) is 10.8 Å². The van der Waals surface area contributed by atoms with Crippen LogP contribution in [0.2, 0.25) is 0 Å². The van der Waals surface area contributed by atoms with E-state index < -0.39 is 25.8 Å². The number of fused-ring (bicyclic) bond motifs is 1. The van der Waals surface area contributed by atoms with Crippen molar-refractivity contribution in [3.05, 3.63) is 70.3 Å². The number of hydrogen-bond donors (Lipinski definition) is 3. The number of non-ortho nitro benzene ring substituents is 1. The number of phenols is 1. The quantitative estimate of drug-likeness (QED) is 0.354. The topological polar surface area (TPSA) is 147 Å². The maximum atomic E-state index is 12.4. The molecule has 0 aliphatic carbocycles. The van der Waals surface area contributed by atoms with Crippen LogP contribution in [-0.2, 0) is 10.1 Å². The molecule has 3 rings (SSSR count). The van der Waals surface area contributed by atoms with Gasteiger partial charge in [-0.3, -0.25) is 19.5 Å². The Kier molecular flexibility index (Phi) is 4.52. The van der Waals surface area contributed by atoms with Crippen molar-refractivity contribution < 1.29 is 27.8 Å². The summed E-state index contributed by atoms with van der Waals surface area (Å²) in [4.78, 5) is 22.1. The molecule has 0 unspecified atom stereocenters. The zero-order valence-corrected chi connectivity index (χ0v) is 14.3. The lowest BCUT2D eigenvalue weighted by Crippen LogP contribution is -2.13. The molecule has 0 bridgehead atoms. The van der Waals surface area contributed by atoms with Crippen molar-refractivity contribution in [2.24, 2.45) is 0 Å². The van der Waals surface area contributed by atoms with Crippen LogP contribution in [-0.4, -0.2) is 28.9 Å². The molecule has 0 aliphatic rings. The highest BCUT2D eigenvalue weighted by atomic mass is 32.2. The first-order chi connectivity index (χ1) is 12.6. The van der Waals surface area contributed by atoms with E-state index in [4.69, 9.17) is 0 Å². The molecule has 3 N–H and O–H groups in total. The van der Waals surface area contributed by atoms with Crippen LogP contribution in [0.5, 0.6) is 5.75 Å². The van der Waals surface area contributed by atoms with Crippen LogP contribution in [0.1, 0.15) is 10.4 Å². The molecular weight excluding hydrogens is 376 g/mol. The predicted molar refractivity (Wildman–Crippen MR) is 96.5 cm³/mol. The highest BCUT2D eigenvalue weighted by molar-refractivity contribution is 7.85. The van der Waals surface area contributed by atoms with E-state index in [1.807, 2.05) is 0 Å². The van der Waals surface area contributed by atoms with Gasteiger partial charge < -0.3 is 10.4 Å². The SMILES string of the molecule is O=C(Nc1cc(S(=O)(=O)O)cc2ccc(O)cc12)c1ccc([N+](=O)[O-])cc1. The Morgan fingerprint density at radius 2 is 1.70 bits per heavy atom. The largest absolute Gasteiger partial charge is 0.508 e. The molecule has 0 aromatic heterocycles. The van der Waals surface area contributed by atoms with Crippen LogP contribution in [0.15, 0.2) is 59.5 Å². The lowest BCUT2D eigenvalue weighted by atomic mass is 10.1. The Bertz CT molecular complexity index is 1170. The van der Waals surface area contributed by atoms with Gasteiger partial charge in [-0.15, -0.1) is 0 Å². The molecule has 3 aromatic carbocycles. The maximum absolute atomic E-state index is 12.4. The van der Waals surface area contributed by atoms with Crippen LogP contribution < -0.4 is 5.32 Å². The molecule has 0 radical (unpaired) electrons. The van der Waals surface area contributed by atoms with Crippen molar-refractivity contribution in [2.45, 2.75) is 4.90 Å². The number of nitrogens with one attached hydrogen (secondary N) is 1. The molecule has 0 saturated heterocycles. The van der Waals surface area contributed by atoms with Crippen LogP contribution in [0.3, 0.4) is 0 Å². The summed E-state index contributed by atoms with van der Waals surface area (Å²) in [5.74, 6) is -0.755. The van der Waals surface area contributed by atoms with E-state index in [2.05, 4.69) is 5.32 Å². The summed E-state index contributed by atoms with van der Waals surface area (Å²) in [6.45, 7) is 0. The van der Waals surface area contributed by atoms with Gasteiger partial charge in [-0.05, 0) is 41.8 Å². The Hall–Kier alpha value is -3.50. The molecular formula is C17H12N2O7S. The molecule has 0 aliphatic heterocycles. The number of nitro benzene ring substituents is 1. The highest BCUT2D eigenvalue weighted by Crippen LogP contribution is 2.31. The van der Waals surface area contributed by atoms with Crippen LogP contribution in [0.4, 0.5) is 11.4 Å². The number of carbonyl (C=O) groups excluding carboxylic acids is 1. The van der Waals surface area contributed by atoms with E-state index >= 15 is 0 Å². The molecule has 3 aromatic rings. The first-order valence-electron chi connectivity index (χ1n) is 7.45. The van der Waals surface area contributed by atoms with E-state index in [1.54, 1.807) is 0 Å². The van der Waals surface area contributed by atoms with Crippen molar-refractivity contribution in [1.82, 2.24) is 0 Å². The first-order valence-corrected chi connectivity index (χ1v) is 8.89. The molecule has 9 nitrogen and oxygen atoms in total.